The monoisotopic (exact) mass is 253 g/mol. The Bertz CT molecular complexity index is 402. The highest BCUT2D eigenvalue weighted by atomic mass is 32.1. The second-order valence-electron chi connectivity index (χ2n) is 4.25. The van der Waals surface area contributed by atoms with Gasteiger partial charge in [-0.3, -0.25) is 4.79 Å². The van der Waals surface area contributed by atoms with Gasteiger partial charge in [-0.25, -0.2) is 4.79 Å². The third-order valence-electron chi connectivity index (χ3n) is 3.04. The topological polar surface area (TPSA) is 57.6 Å². The van der Waals surface area contributed by atoms with E-state index in [1.54, 1.807) is 11.3 Å². The lowest BCUT2D eigenvalue weighted by molar-refractivity contribution is -0.151. The number of carboxylic acid groups (broad SMARTS) is 1. The zero-order valence-electron chi connectivity index (χ0n) is 9.46. The molecular formula is C12H15NO3S. The van der Waals surface area contributed by atoms with E-state index in [1.807, 2.05) is 16.8 Å². The number of carbonyl (C=O) groups is 2. The van der Waals surface area contributed by atoms with Crippen LogP contribution in [0.4, 0.5) is 0 Å². The van der Waals surface area contributed by atoms with Gasteiger partial charge in [-0.1, -0.05) is 0 Å². The number of nitrogens with zero attached hydrogens (tertiary/aromatic N) is 1. The first-order valence-corrected chi connectivity index (χ1v) is 6.66. The molecule has 1 amide bonds. The van der Waals surface area contributed by atoms with Crippen molar-refractivity contribution < 1.29 is 14.7 Å². The SMILES string of the molecule is O=C(O)C1CCCCN1C(=O)Cc1ccsc1. The van der Waals surface area contributed by atoms with Crippen LogP contribution in [0, 0.1) is 0 Å². The molecule has 0 spiro atoms. The fourth-order valence-electron chi connectivity index (χ4n) is 2.16. The molecule has 0 bridgehead atoms. The Morgan fingerprint density at radius 3 is 2.94 bits per heavy atom. The number of aliphatic carboxylic acids is 1. The number of thiophene rings is 1. The van der Waals surface area contributed by atoms with Crippen molar-refractivity contribution in [2.24, 2.45) is 0 Å². The minimum Gasteiger partial charge on any atom is -0.480 e. The fraction of sp³-hybridized carbons (Fsp3) is 0.500. The van der Waals surface area contributed by atoms with Crippen molar-refractivity contribution in [3.63, 3.8) is 0 Å². The van der Waals surface area contributed by atoms with Crippen LogP contribution in [0.15, 0.2) is 16.8 Å². The van der Waals surface area contributed by atoms with E-state index in [0.717, 1.165) is 18.4 Å². The van der Waals surface area contributed by atoms with E-state index < -0.39 is 12.0 Å². The summed E-state index contributed by atoms with van der Waals surface area (Å²) in [5.74, 6) is -0.959. The molecule has 4 nitrogen and oxygen atoms in total. The minimum absolute atomic E-state index is 0.0736. The highest BCUT2D eigenvalue weighted by molar-refractivity contribution is 7.07. The molecule has 1 saturated heterocycles. The zero-order chi connectivity index (χ0) is 12.3. The molecule has 5 heteroatoms. The van der Waals surface area contributed by atoms with Crippen LogP contribution >= 0.6 is 11.3 Å². The van der Waals surface area contributed by atoms with Crippen LogP contribution in [0.25, 0.3) is 0 Å². The van der Waals surface area contributed by atoms with Gasteiger partial charge in [-0.2, -0.15) is 11.3 Å². The predicted octanol–water partition coefficient (Wildman–Crippen LogP) is 1.76. The number of carbonyl (C=O) groups excluding carboxylic acids is 1. The van der Waals surface area contributed by atoms with Gasteiger partial charge in [0.25, 0.3) is 0 Å². The largest absolute Gasteiger partial charge is 0.480 e. The predicted molar refractivity (Wildman–Crippen MR) is 65.0 cm³/mol. The van der Waals surface area contributed by atoms with Crippen molar-refractivity contribution in [3.8, 4) is 0 Å². The smallest absolute Gasteiger partial charge is 0.326 e. The van der Waals surface area contributed by atoms with Crippen molar-refractivity contribution in [1.29, 1.82) is 0 Å². The third-order valence-corrected chi connectivity index (χ3v) is 3.78. The van der Waals surface area contributed by atoms with Crippen LogP contribution in [0.1, 0.15) is 24.8 Å². The summed E-state index contributed by atoms with van der Waals surface area (Å²) in [7, 11) is 0. The average molecular weight is 253 g/mol. The van der Waals surface area contributed by atoms with Gasteiger partial charge in [0.2, 0.25) is 5.91 Å². The Hall–Kier alpha value is -1.36. The average Bonchev–Trinajstić information content (AvgIpc) is 2.81. The summed E-state index contributed by atoms with van der Waals surface area (Å²) in [6.07, 6.45) is 2.68. The summed E-state index contributed by atoms with van der Waals surface area (Å²) < 4.78 is 0. The summed E-state index contributed by atoms with van der Waals surface area (Å²) in [4.78, 5) is 24.6. The molecule has 17 heavy (non-hydrogen) atoms. The van der Waals surface area contributed by atoms with Gasteiger partial charge < -0.3 is 10.0 Å². The van der Waals surface area contributed by atoms with Crippen molar-refractivity contribution in [2.75, 3.05) is 6.54 Å². The number of hydrogen-bond acceptors (Lipinski definition) is 3. The lowest BCUT2D eigenvalue weighted by atomic mass is 10.0. The van der Waals surface area contributed by atoms with Gasteiger partial charge in [0.1, 0.15) is 6.04 Å². The van der Waals surface area contributed by atoms with Gasteiger partial charge in [0.05, 0.1) is 6.42 Å². The second-order valence-corrected chi connectivity index (χ2v) is 5.03. The second kappa shape index (κ2) is 5.31. The molecular weight excluding hydrogens is 238 g/mol. The molecule has 0 saturated carbocycles. The lowest BCUT2D eigenvalue weighted by Crippen LogP contribution is -2.48. The first-order valence-electron chi connectivity index (χ1n) is 5.72. The summed E-state index contributed by atoms with van der Waals surface area (Å²) in [5.41, 5.74) is 0.967. The Morgan fingerprint density at radius 1 is 1.47 bits per heavy atom. The van der Waals surface area contributed by atoms with Crippen molar-refractivity contribution >= 4 is 23.2 Å². The summed E-state index contributed by atoms with van der Waals surface area (Å²) in [6.45, 7) is 0.569. The van der Waals surface area contributed by atoms with E-state index in [4.69, 9.17) is 5.11 Å². The van der Waals surface area contributed by atoms with Gasteiger partial charge in [0.15, 0.2) is 0 Å². The molecule has 1 unspecified atom stereocenters. The number of hydrogen-bond donors (Lipinski definition) is 1. The third kappa shape index (κ3) is 2.85. The summed E-state index contributed by atoms with van der Waals surface area (Å²) in [5, 5.41) is 12.9. The Kier molecular flexibility index (Phi) is 3.78. The molecule has 1 N–H and O–H groups in total. The molecule has 1 aromatic rings. The first kappa shape index (κ1) is 12.1. The van der Waals surface area contributed by atoms with E-state index in [2.05, 4.69) is 0 Å². The highest BCUT2D eigenvalue weighted by Gasteiger charge is 2.31. The molecule has 1 aliphatic heterocycles. The highest BCUT2D eigenvalue weighted by Crippen LogP contribution is 2.19. The van der Waals surface area contributed by atoms with E-state index in [1.165, 1.54) is 4.90 Å². The minimum atomic E-state index is -0.886. The molecule has 1 atom stereocenters. The Labute approximate surface area is 104 Å². The molecule has 0 radical (unpaired) electrons. The van der Waals surface area contributed by atoms with Gasteiger partial charge in [-0.15, -0.1) is 0 Å². The molecule has 1 fully saturated rings. The first-order chi connectivity index (χ1) is 8.18. The van der Waals surface area contributed by atoms with Crippen molar-refractivity contribution in [2.45, 2.75) is 31.7 Å². The summed E-state index contributed by atoms with van der Waals surface area (Å²) in [6, 6.07) is 1.28. The molecule has 1 aliphatic rings. The maximum atomic E-state index is 12.0. The van der Waals surface area contributed by atoms with Crippen LogP contribution in [0.3, 0.4) is 0 Å². The van der Waals surface area contributed by atoms with Gasteiger partial charge in [-0.05, 0) is 41.7 Å². The lowest BCUT2D eigenvalue weighted by Gasteiger charge is -2.32. The number of carboxylic acids is 1. The van der Waals surface area contributed by atoms with E-state index >= 15 is 0 Å². The van der Waals surface area contributed by atoms with Gasteiger partial charge in [0, 0.05) is 6.54 Å². The Balaban J connectivity index is 2.03. The number of rotatable bonds is 3. The molecule has 2 heterocycles. The van der Waals surface area contributed by atoms with Crippen molar-refractivity contribution in [3.05, 3.63) is 22.4 Å². The molecule has 0 aromatic carbocycles. The van der Waals surface area contributed by atoms with Crippen LogP contribution < -0.4 is 0 Å². The van der Waals surface area contributed by atoms with Crippen LogP contribution in [0.2, 0.25) is 0 Å². The molecule has 2 rings (SSSR count). The standard InChI is InChI=1S/C12H15NO3S/c14-11(7-9-4-6-17-8-9)13-5-2-1-3-10(13)12(15)16/h4,6,8,10H,1-3,5,7H2,(H,15,16). The zero-order valence-corrected chi connectivity index (χ0v) is 10.3. The number of amides is 1. The molecule has 1 aromatic heterocycles. The normalized spacial score (nSPS) is 20.2. The number of likely N-dealkylation sites (tertiary alicyclic amines) is 1. The summed E-state index contributed by atoms with van der Waals surface area (Å²) >= 11 is 1.55. The maximum Gasteiger partial charge on any atom is 0.326 e. The molecule has 0 aliphatic carbocycles. The molecule has 92 valence electrons. The quantitative estimate of drug-likeness (QED) is 0.893. The van der Waals surface area contributed by atoms with Gasteiger partial charge >= 0.3 is 5.97 Å². The number of piperidine rings is 1. The fourth-order valence-corrected chi connectivity index (χ4v) is 2.82. The van der Waals surface area contributed by atoms with E-state index in [0.29, 0.717) is 19.4 Å². The maximum absolute atomic E-state index is 12.0. The van der Waals surface area contributed by atoms with E-state index in [9.17, 15) is 9.59 Å². The van der Waals surface area contributed by atoms with Crippen LogP contribution in [-0.2, 0) is 16.0 Å². The van der Waals surface area contributed by atoms with E-state index in [-0.39, 0.29) is 5.91 Å². The van der Waals surface area contributed by atoms with Crippen LogP contribution in [0.5, 0.6) is 0 Å². The Morgan fingerprint density at radius 2 is 2.29 bits per heavy atom. The van der Waals surface area contributed by atoms with Crippen LogP contribution in [-0.4, -0.2) is 34.5 Å². The van der Waals surface area contributed by atoms with Crippen molar-refractivity contribution in [1.82, 2.24) is 4.90 Å².